The number of hydrogen-bond acceptors (Lipinski definition) is 3. The highest BCUT2D eigenvalue weighted by Crippen LogP contribution is 2.08. The summed E-state index contributed by atoms with van der Waals surface area (Å²) in [5, 5.41) is 5.63. The van der Waals surface area contributed by atoms with Gasteiger partial charge in [-0.2, -0.15) is 0 Å². The van der Waals surface area contributed by atoms with Crippen molar-refractivity contribution in [1.82, 2.24) is 15.5 Å². The second-order valence-corrected chi connectivity index (χ2v) is 4.09. The molecule has 0 radical (unpaired) electrons. The molecule has 0 aromatic rings. The molecule has 0 aliphatic carbocycles. The van der Waals surface area contributed by atoms with Crippen LogP contribution >= 0.6 is 12.4 Å². The largest absolute Gasteiger partial charge is 0.359 e. The quantitative estimate of drug-likeness (QED) is 0.704. The summed E-state index contributed by atoms with van der Waals surface area (Å²) in [4.78, 5) is 24.6. The number of carbonyl (C=O) groups excluding carboxylic acids is 2. The second-order valence-electron chi connectivity index (χ2n) is 4.09. The van der Waals surface area contributed by atoms with Crippen molar-refractivity contribution in [2.24, 2.45) is 11.8 Å². The Balaban J connectivity index is 0.00000225. The van der Waals surface area contributed by atoms with E-state index in [9.17, 15) is 9.59 Å². The van der Waals surface area contributed by atoms with Crippen LogP contribution in [0.25, 0.3) is 0 Å². The first kappa shape index (κ1) is 15.2. The third kappa shape index (κ3) is 3.64. The Hall–Kier alpha value is -0.810. The fourth-order valence-electron chi connectivity index (χ4n) is 1.61. The molecule has 0 aromatic carbocycles. The highest BCUT2D eigenvalue weighted by atomic mass is 35.5. The molecule has 1 aliphatic heterocycles. The first-order valence-corrected chi connectivity index (χ1v) is 5.23. The van der Waals surface area contributed by atoms with Crippen LogP contribution in [-0.2, 0) is 9.59 Å². The monoisotopic (exact) mass is 249 g/mol. The standard InChI is InChI=1S/C10H19N3O2.ClH/c1-7(9(14)11-2)6-13(3)10(15)8-4-12-5-8;/h7-8,12H,4-6H2,1-3H3,(H,11,14);1H. The molecule has 1 atom stereocenters. The van der Waals surface area contributed by atoms with E-state index in [1.807, 2.05) is 6.92 Å². The van der Waals surface area contributed by atoms with E-state index in [0.29, 0.717) is 6.54 Å². The van der Waals surface area contributed by atoms with Crippen molar-refractivity contribution >= 4 is 24.2 Å². The van der Waals surface area contributed by atoms with E-state index in [-0.39, 0.29) is 36.1 Å². The number of carbonyl (C=O) groups is 2. The van der Waals surface area contributed by atoms with Gasteiger partial charge in [0.1, 0.15) is 0 Å². The zero-order valence-corrected chi connectivity index (χ0v) is 10.8. The first-order valence-electron chi connectivity index (χ1n) is 5.23. The van der Waals surface area contributed by atoms with Gasteiger partial charge in [-0.05, 0) is 0 Å². The summed E-state index contributed by atoms with van der Waals surface area (Å²) in [7, 11) is 3.36. The van der Waals surface area contributed by atoms with Crippen LogP contribution in [0.3, 0.4) is 0 Å². The number of rotatable bonds is 4. The molecule has 94 valence electrons. The van der Waals surface area contributed by atoms with E-state index < -0.39 is 0 Å². The summed E-state index contributed by atoms with van der Waals surface area (Å²) in [6.07, 6.45) is 0. The van der Waals surface area contributed by atoms with Gasteiger partial charge in [0, 0.05) is 33.7 Å². The smallest absolute Gasteiger partial charge is 0.228 e. The van der Waals surface area contributed by atoms with Crippen molar-refractivity contribution in [2.45, 2.75) is 6.92 Å². The maximum atomic E-state index is 11.7. The SMILES string of the molecule is CNC(=O)C(C)CN(C)C(=O)C1CNC1.Cl. The van der Waals surface area contributed by atoms with E-state index in [2.05, 4.69) is 10.6 Å². The van der Waals surface area contributed by atoms with E-state index in [4.69, 9.17) is 0 Å². The molecule has 5 nitrogen and oxygen atoms in total. The molecule has 1 aliphatic rings. The Morgan fingerprint density at radius 3 is 2.44 bits per heavy atom. The summed E-state index contributed by atoms with van der Waals surface area (Å²) >= 11 is 0. The summed E-state index contributed by atoms with van der Waals surface area (Å²) < 4.78 is 0. The van der Waals surface area contributed by atoms with Crippen LogP contribution in [0.15, 0.2) is 0 Å². The predicted octanol–water partition coefficient (Wildman–Crippen LogP) is -0.532. The average Bonchev–Trinajstić information content (AvgIpc) is 2.13. The molecule has 2 amide bonds. The van der Waals surface area contributed by atoms with E-state index in [1.54, 1.807) is 19.0 Å². The van der Waals surface area contributed by atoms with Crippen LogP contribution in [0.4, 0.5) is 0 Å². The minimum absolute atomic E-state index is 0. The van der Waals surface area contributed by atoms with Gasteiger partial charge in [-0.15, -0.1) is 12.4 Å². The summed E-state index contributed by atoms with van der Waals surface area (Å²) in [6, 6.07) is 0. The van der Waals surface area contributed by atoms with Crippen LogP contribution in [0.2, 0.25) is 0 Å². The maximum absolute atomic E-state index is 11.7. The summed E-state index contributed by atoms with van der Waals surface area (Å²) in [5.74, 6) is 0.0507. The molecular formula is C10H20ClN3O2. The van der Waals surface area contributed by atoms with Gasteiger partial charge >= 0.3 is 0 Å². The van der Waals surface area contributed by atoms with Gasteiger partial charge in [0.05, 0.1) is 11.8 Å². The van der Waals surface area contributed by atoms with Gasteiger partial charge in [0.15, 0.2) is 0 Å². The molecule has 0 spiro atoms. The molecule has 2 N–H and O–H groups in total. The van der Waals surface area contributed by atoms with Crippen molar-refractivity contribution < 1.29 is 9.59 Å². The minimum Gasteiger partial charge on any atom is -0.359 e. The number of hydrogen-bond donors (Lipinski definition) is 2. The van der Waals surface area contributed by atoms with Gasteiger partial charge in [-0.25, -0.2) is 0 Å². The molecular weight excluding hydrogens is 230 g/mol. The Kier molecular flexibility index (Phi) is 6.36. The first-order chi connectivity index (χ1) is 7.06. The molecule has 0 saturated carbocycles. The van der Waals surface area contributed by atoms with Gasteiger partial charge in [0.25, 0.3) is 0 Å². The lowest BCUT2D eigenvalue weighted by molar-refractivity contribution is -0.137. The highest BCUT2D eigenvalue weighted by Gasteiger charge is 2.28. The average molecular weight is 250 g/mol. The Morgan fingerprint density at radius 1 is 1.50 bits per heavy atom. The van der Waals surface area contributed by atoms with E-state index >= 15 is 0 Å². The summed E-state index contributed by atoms with van der Waals surface area (Å²) in [6.45, 7) is 3.83. The van der Waals surface area contributed by atoms with Crippen molar-refractivity contribution in [3.8, 4) is 0 Å². The lowest BCUT2D eigenvalue weighted by Gasteiger charge is -2.31. The van der Waals surface area contributed by atoms with Gasteiger partial charge in [0.2, 0.25) is 11.8 Å². The van der Waals surface area contributed by atoms with Crippen LogP contribution in [-0.4, -0.2) is 50.4 Å². The molecule has 0 bridgehead atoms. The Labute approximate surface area is 102 Å². The van der Waals surface area contributed by atoms with E-state index in [1.165, 1.54) is 0 Å². The van der Waals surface area contributed by atoms with Crippen molar-refractivity contribution in [3.63, 3.8) is 0 Å². The lowest BCUT2D eigenvalue weighted by atomic mass is 10.0. The molecule has 16 heavy (non-hydrogen) atoms. The Morgan fingerprint density at radius 2 is 2.06 bits per heavy atom. The topological polar surface area (TPSA) is 61.4 Å². The highest BCUT2D eigenvalue weighted by molar-refractivity contribution is 5.85. The molecule has 1 saturated heterocycles. The molecule has 1 heterocycles. The zero-order chi connectivity index (χ0) is 11.4. The molecule has 6 heteroatoms. The fourth-order valence-corrected chi connectivity index (χ4v) is 1.61. The normalized spacial score (nSPS) is 16.7. The lowest BCUT2D eigenvalue weighted by Crippen LogP contribution is -2.52. The number of nitrogens with zero attached hydrogens (tertiary/aromatic N) is 1. The minimum atomic E-state index is -0.156. The van der Waals surface area contributed by atoms with Gasteiger partial charge < -0.3 is 15.5 Å². The molecule has 1 unspecified atom stereocenters. The summed E-state index contributed by atoms with van der Waals surface area (Å²) in [5.41, 5.74) is 0. The van der Waals surface area contributed by atoms with Crippen molar-refractivity contribution in [2.75, 3.05) is 33.7 Å². The number of halogens is 1. The van der Waals surface area contributed by atoms with Gasteiger partial charge in [-0.3, -0.25) is 9.59 Å². The number of amides is 2. The molecule has 1 rings (SSSR count). The fraction of sp³-hybridized carbons (Fsp3) is 0.800. The van der Waals surface area contributed by atoms with Crippen LogP contribution in [0.1, 0.15) is 6.92 Å². The Bertz CT molecular complexity index is 256. The maximum Gasteiger partial charge on any atom is 0.228 e. The van der Waals surface area contributed by atoms with Crippen LogP contribution in [0.5, 0.6) is 0 Å². The zero-order valence-electron chi connectivity index (χ0n) is 9.95. The molecule has 0 aromatic heterocycles. The van der Waals surface area contributed by atoms with E-state index in [0.717, 1.165) is 13.1 Å². The van der Waals surface area contributed by atoms with Crippen LogP contribution < -0.4 is 10.6 Å². The van der Waals surface area contributed by atoms with Crippen molar-refractivity contribution in [1.29, 1.82) is 0 Å². The third-order valence-electron chi connectivity index (χ3n) is 2.75. The number of nitrogens with one attached hydrogen (secondary N) is 2. The van der Waals surface area contributed by atoms with Crippen molar-refractivity contribution in [3.05, 3.63) is 0 Å². The predicted molar refractivity (Wildman–Crippen MR) is 64.5 cm³/mol. The molecule has 1 fully saturated rings. The van der Waals surface area contributed by atoms with Gasteiger partial charge in [-0.1, -0.05) is 6.92 Å². The second kappa shape index (κ2) is 6.70. The third-order valence-corrected chi connectivity index (χ3v) is 2.75. The van der Waals surface area contributed by atoms with Crippen LogP contribution in [0, 0.1) is 11.8 Å².